The van der Waals surface area contributed by atoms with Gasteiger partial charge in [0.15, 0.2) is 11.6 Å². The van der Waals surface area contributed by atoms with E-state index in [0.717, 1.165) is 0 Å². The molecule has 3 N–H and O–H groups in total. The Hall–Kier alpha value is -2.31. The molecule has 0 aromatic carbocycles. The predicted molar refractivity (Wildman–Crippen MR) is 61.7 cm³/mol. The van der Waals surface area contributed by atoms with Crippen LogP contribution < -0.4 is 15.8 Å². The van der Waals surface area contributed by atoms with Gasteiger partial charge in [-0.15, -0.1) is 0 Å². The maximum Gasteiger partial charge on any atom is 0.215 e. The van der Waals surface area contributed by atoms with Gasteiger partial charge >= 0.3 is 0 Å². The minimum atomic E-state index is 0.515. The first-order valence-electron chi connectivity index (χ1n) is 5.09. The highest BCUT2D eigenvalue weighted by Crippen LogP contribution is 2.19. The van der Waals surface area contributed by atoms with Gasteiger partial charge in [-0.3, -0.25) is 0 Å². The second-order valence-corrected chi connectivity index (χ2v) is 3.32. The van der Waals surface area contributed by atoms with Crippen LogP contribution in [0.2, 0.25) is 0 Å². The molecule has 2 aromatic rings. The lowest BCUT2D eigenvalue weighted by atomic mass is 10.3. The van der Waals surface area contributed by atoms with Crippen molar-refractivity contribution >= 4 is 11.5 Å². The highest BCUT2D eigenvalue weighted by atomic mass is 16.5. The van der Waals surface area contributed by atoms with Crippen molar-refractivity contribution in [3.05, 3.63) is 24.4 Å². The van der Waals surface area contributed by atoms with Crippen molar-refractivity contribution in [2.75, 3.05) is 24.7 Å². The van der Waals surface area contributed by atoms with Crippen molar-refractivity contribution in [3.8, 4) is 5.88 Å². The van der Waals surface area contributed by atoms with Gasteiger partial charge in [0.1, 0.15) is 0 Å². The van der Waals surface area contributed by atoms with Gasteiger partial charge in [0.25, 0.3) is 0 Å². The molecule has 0 unspecified atom stereocenters. The summed E-state index contributed by atoms with van der Waals surface area (Å²) in [6.07, 6.45) is 1.93. The van der Waals surface area contributed by atoms with E-state index in [1.807, 2.05) is 0 Å². The van der Waals surface area contributed by atoms with Crippen molar-refractivity contribution in [2.45, 2.75) is 6.42 Å². The number of pyridine rings is 1. The fraction of sp³-hybridized carbons (Fsp3) is 0.300. The molecule has 7 nitrogen and oxygen atoms in total. The predicted octanol–water partition coefficient (Wildman–Crippen LogP) is 0.710. The van der Waals surface area contributed by atoms with E-state index in [1.165, 1.54) is 6.39 Å². The number of ether oxygens (including phenoxy) is 1. The monoisotopic (exact) mass is 235 g/mol. The summed E-state index contributed by atoms with van der Waals surface area (Å²) in [6.45, 7) is 0.615. The van der Waals surface area contributed by atoms with Gasteiger partial charge in [-0.25, -0.2) is 0 Å². The number of methoxy groups -OCH3 is 1. The van der Waals surface area contributed by atoms with Gasteiger partial charge < -0.3 is 20.3 Å². The standard InChI is InChI=1S/C10H13N5O2/c1-16-9-3-2-7(11)10(14-9)12-5-4-8-13-6-17-15-8/h2-3,6H,4-5,11H2,1H3,(H,12,14). The van der Waals surface area contributed by atoms with Gasteiger partial charge in [0.2, 0.25) is 12.3 Å². The van der Waals surface area contributed by atoms with Crippen LogP contribution in [0.3, 0.4) is 0 Å². The molecule has 0 radical (unpaired) electrons. The first kappa shape index (κ1) is 11.2. The molecule has 2 heterocycles. The molecule has 0 saturated carbocycles. The van der Waals surface area contributed by atoms with Crippen molar-refractivity contribution in [2.24, 2.45) is 0 Å². The summed E-state index contributed by atoms with van der Waals surface area (Å²) in [5.41, 5.74) is 6.34. The summed E-state index contributed by atoms with van der Waals surface area (Å²) in [5, 5.41) is 6.79. The van der Waals surface area contributed by atoms with E-state index in [-0.39, 0.29) is 0 Å². The molecular formula is C10H13N5O2. The topological polar surface area (TPSA) is 99.1 Å². The number of hydrogen-bond donors (Lipinski definition) is 2. The largest absolute Gasteiger partial charge is 0.481 e. The van der Waals surface area contributed by atoms with Crippen molar-refractivity contribution in [1.82, 2.24) is 15.1 Å². The second-order valence-electron chi connectivity index (χ2n) is 3.32. The third kappa shape index (κ3) is 2.83. The molecule has 90 valence electrons. The molecule has 17 heavy (non-hydrogen) atoms. The maximum atomic E-state index is 5.77. The third-order valence-electron chi connectivity index (χ3n) is 2.16. The molecule has 2 aromatic heterocycles. The number of nitrogens with two attached hydrogens (primary N) is 1. The zero-order valence-electron chi connectivity index (χ0n) is 9.38. The van der Waals surface area contributed by atoms with E-state index < -0.39 is 0 Å². The number of nitrogens with one attached hydrogen (secondary N) is 1. The van der Waals surface area contributed by atoms with Crippen LogP contribution in [0.1, 0.15) is 5.82 Å². The average molecular weight is 235 g/mol. The van der Waals surface area contributed by atoms with Gasteiger partial charge in [0.05, 0.1) is 12.8 Å². The quantitative estimate of drug-likeness (QED) is 0.787. The number of aromatic nitrogens is 3. The minimum absolute atomic E-state index is 0.515. The molecular weight excluding hydrogens is 222 g/mol. The first-order chi connectivity index (χ1) is 8.29. The summed E-state index contributed by atoms with van der Waals surface area (Å²) in [4.78, 5) is 8.10. The van der Waals surface area contributed by atoms with Crippen molar-refractivity contribution in [3.63, 3.8) is 0 Å². The summed E-state index contributed by atoms with van der Waals surface area (Å²) >= 11 is 0. The summed E-state index contributed by atoms with van der Waals surface area (Å²) in [7, 11) is 1.56. The second kappa shape index (κ2) is 5.15. The first-order valence-corrected chi connectivity index (χ1v) is 5.09. The average Bonchev–Trinajstić information content (AvgIpc) is 2.84. The number of hydrogen-bond acceptors (Lipinski definition) is 7. The van der Waals surface area contributed by atoms with Crippen LogP contribution in [0.15, 0.2) is 23.0 Å². The van der Waals surface area contributed by atoms with Crippen LogP contribution in [0.4, 0.5) is 11.5 Å². The van der Waals surface area contributed by atoms with Crippen LogP contribution in [0, 0.1) is 0 Å². The molecule has 0 atom stereocenters. The minimum Gasteiger partial charge on any atom is -0.481 e. The molecule has 0 saturated heterocycles. The summed E-state index contributed by atoms with van der Waals surface area (Å²) in [5.74, 6) is 1.74. The lowest BCUT2D eigenvalue weighted by Gasteiger charge is -2.08. The van der Waals surface area contributed by atoms with E-state index in [0.29, 0.717) is 36.2 Å². The smallest absolute Gasteiger partial charge is 0.215 e. The molecule has 2 rings (SSSR count). The van der Waals surface area contributed by atoms with E-state index in [2.05, 4.69) is 25.0 Å². The molecule has 0 fully saturated rings. The van der Waals surface area contributed by atoms with Crippen LogP contribution in [0.5, 0.6) is 5.88 Å². The number of rotatable bonds is 5. The molecule has 0 aliphatic rings. The summed E-state index contributed by atoms with van der Waals surface area (Å²) < 4.78 is 9.64. The normalized spacial score (nSPS) is 10.2. The zero-order chi connectivity index (χ0) is 12.1. The van der Waals surface area contributed by atoms with Gasteiger partial charge in [-0.2, -0.15) is 9.97 Å². The van der Waals surface area contributed by atoms with Crippen molar-refractivity contribution in [1.29, 1.82) is 0 Å². The Morgan fingerprint density at radius 1 is 1.47 bits per heavy atom. The zero-order valence-corrected chi connectivity index (χ0v) is 9.38. The Morgan fingerprint density at radius 3 is 3.06 bits per heavy atom. The van der Waals surface area contributed by atoms with Crippen LogP contribution in [0.25, 0.3) is 0 Å². The number of nitrogen functional groups attached to an aromatic ring is 1. The van der Waals surface area contributed by atoms with E-state index in [4.69, 9.17) is 10.5 Å². The Bertz CT molecular complexity index is 472. The molecule has 0 aliphatic heterocycles. The maximum absolute atomic E-state index is 5.77. The van der Waals surface area contributed by atoms with E-state index >= 15 is 0 Å². The molecule has 0 amide bonds. The Kier molecular flexibility index (Phi) is 3.39. The molecule has 0 aliphatic carbocycles. The van der Waals surface area contributed by atoms with Gasteiger partial charge in [-0.1, -0.05) is 5.16 Å². The highest BCUT2D eigenvalue weighted by molar-refractivity contribution is 5.61. The number of nitrogens with zero attached hydrogens (tertiary/aromatic N) is 3. The molecule has 0 spiro atoms. The molecule has 0 bridgehead atoms. The number of anilines is 2. The Labute approximate surface area is 98.0 Å². The highest BCUT2D eigenvalue weighted by Gasteiger charge is 2.04. The van der Waals surface area contributed by atoms with Gasteiger partial charge in [0, 0.05) is 19.0 Å². The fourth-order valence-corrected chi connectivity index (χ4v) is 1.30. The van der Waals surface area contributed by atoms with Gasteiger partial charge in [-0.05, 0) is 6.07 Å². The van der Waals surface area contributed by atoms with Crippen LogP contribution in [-0.4, -0.2) is 28.8 Å². The SMILES string of the molecule is COc1ccc(N)c(NCCc2ncon2)n1. The Morgan fingerprint density at radius 2 is 2.35 bits per heavy atom. The van der Waals surface area contributed by atoms with Crippen LogP contribution in [-0.2, 0) is 6.42 Å². The molecule has 7 heteroatoms. The van der Waals surface area contributed by atoms with E-state index in [1.54, 1.807) is 19.2 Å². The Balaban J connectivity index is 1.94. The lowest BCUT2D eigenvalue weighted by Crippen LogP contribution is -2.09. The van der Waals surface area contributed by atoms with Crippen LogP contribution >= 0.6 is 0 Å². The summed E-state index contributed by atoms with van der Waals surface area (Å²) in [6, 6.07) is 3.45. The third-order valence-corrected chi connectivity index (χ3v) is 2.16. The van der Waals surface area contributed by atoms with E-state index in [9.17, 15) is 0 Å². The van der Waals surface area contributed by atoms with Crippen molar-refractivity contribution < 1.29 is 9.26 Å². The lowest BCUT2D eigenvalue weighted by molar-refractivity contribution is 0.398. The fourth-order valence-electron chi connectivity index (χ4n) is 1.30.